The first-order chi connectivity index (χ1) is 13.6. The molecule has 5 heteroatoms. The first kappa shape index (κ1) is 26.3. The van der Waals surface area contributed by atoms with Gasteiger partial charge in [0.2, 0.25) is 0 Å². The Morgan fingerprint density at radius 1 is 0.483 bits per heavy atom. The van der Waals surface area contributed by atoms with Crippen molar-refractivity contribution in [3.05, 3.63) is 132 Å². The van der Waals surface area contributed by atoms with Gasteiger partial charge >= 0.3 is 21.1 Å². The van der Waals surface area contributed by atoms with Crippen molar-refractivity contribution in [2.24, 2.45) is 0 Å². The van der Waals surface area contributed by atoms with Gasteiger partial charge in [-0.1, -0.05) is 47.5 Å². The Hall–Kier alpha value is -2.71. The summed E-state index contributed by atoms with van der Waals surface area (Å²) in [4.78, 5) is 7.57. The maximum atomic E-state index is 12.1. The van der Waals surface area contributed by atoms with Crippen molar-refractivity contribution in [2.75, 3.05) is 0 Å². The second kappa shape index (κ2) is 17.4. The number of hydrogen-bond acceptors (Lipinski definition) is 2. The van der Waals surface area contributed by atoms with Crippen molar-refractivity contribution in [1.29, 1.82) is 0 Å². The third kappa shape index (κ3) is 16.0. The van der Waals surface area contributed by atoms with Gasteiger partial charge in [0.15, 0.2) is 0 Å². The number of benzene rings is 2. The summed E-state index contributed by atoms with van der Waals surface area (Å²) in [6.45, 7) is 3.86. The van der Waals surface area contributed by atoms with Crippen molar-refractivity contribution < 1.29 is 29.8 Å². The van der Waals surface area contributed by atoms with Crippen molar-refractivity contribution >= 4 is 0 Å². The van der Waals surface area contributed by atoms with Crippen LogP contribution in [0.15, 0.2) is 110 Å². The summed E-state index contributed by atoms with van der Waals surface area (Å²) in [6, 6.07) is 24.2. The van der Waals surface area contributed by atoms with E-state index in [1.807, 2.05) is 50.2 Å². The van der Waals surface area contributed by atoms with Gasteiger partial charge in [0, 0.05) is 24.8 Å². The van der Waals surface area contributed by atoms with Crippen LogP contribution in [0, 0.1) is 25.5 Å². The quantitative estimate of drug-likeness (QED) is 0.242. The van der Waals surface area contributed by atoms with Crippen LogP contribution >= 0.6 is 0 Å². The smallest absolute Gasteiger partial charge is 0.265 e. The minimum absolute atomic E-state index is 0. The predicted molar refractivity (Wildman–Crippen MR) is 111 cm³/mol. The van der Waals surface area contributed by atoms with E-state index in [1.54, 1.807) is 49.1 Å². The normalized spacial score (nSPS) is 8.41. The number of hydrogen-bond donors (Lipinski definition) is 0. The Labute approximate surface area is 186 Å². The Morgan fingerprint density at radius 2 is 0.759 bits per heavy atom. The Kier molecular flexibility index (Phi) is 15.8. The molecule has 29 heavy (non-hydrogen) atoms. The van der Waals surface area contributed by atoms with E-state index in [4.69, 9.17) is 0 Å². The van der Waals surface area contributed by atoms with Crippen LogP contribution in [0.1, 0.15) is 11.1 Å². The average molecular weight is 574 g/mol. The fraction of sp³-hybridized carbons (Fsp3) is 0.0833. The van der Waals surface area contributed by atoms with Crippen molar-refractivity contribution in [1.82, 2.24) is 9.97 Å². The van der Waals surface area contributed by atoms with E-state index >= 15 is 0 Å². The molecule has 0 saturated heterocycles. The molecule has 0 spiro atoms. The molecule has 0 N–H and O–H groups in total. The van der Waals surface area contributed by atoms with Gasteiger partial charge < -0.3 is 0 Å². The predicted octanol–water partition coefficient (Wildman–Crippen LogP) is 6.43. The Balaban J connectivity index is 0.000000359. The van der Waals surface area contributed by atoms with Crippen LogP contribution in [0.3, 0.4) is 0 Å². The van der Waals surface area contributed by atoms with Gasteiger partial charge in [0.25, 0.3) is 0 Å². The van der Waals surface area contributed by atoms with Crippen molar-refractivity contribution in [3.63, 3.8) is 0 Å². The summed E-state index contributed by atoms with van der Waals surface area (Å²) < 4.78 is 24.2. The summed E-state index contributed by atoms with van der Waals surface area (Å²) >= 11 is 0. The Morgan fingerprint density at radius 3 is 0.897 bits per heavy atom. The molecule has 4 aromatic rings. The molecule has 0 saturated carbocycles. The van der Waals surface area contributed by atoms with Crippen LogP contribution in [-0.2, 0) is 21.1 Å². The molecule has 2 heterocycles. The van der Waals surface area contributed by atoms with Gasteiger partial charge in [-0.05, 0) is 62.4 Å². The maximum Gasteiger partial charge on any atom is 2.00 e. The van der Waals surface area contributed by atoms with Crippen LogP contribution in [0.2, 0.25) is 0 Å². The zero-order valence-corrected chi connectivity index (χ0v) is 18.6. The third-order valence-electron chi connectivity index (χ3n) is 3.15. The van der Waals surface area contributed by atoms with Gasteiger partial charge in [0.1, 0.15) is 11.6 Å². The first-order valence-electron chi connectivity index (χ1n) is 8.72. The molecule has 0 aliphatic rings. The summed E-state index contributed by atoms with van der Waals surface area (Å²) in [5, 5.41) is 0. The van der Waals surface area contributed by atoms with E-state index in [0.717, 1.165) is 11.1 Å². The standard InChI is InChI=1S/2C7H7F.2C5H5N.Pt/c2*1-6-2-4-7(8)5-3-6;2*1-2-4-6-5-3-1;/h2*2-5H,1H3;2*1-5H;/q;;;;+2. The van der Waals surface area contributed by atoms with Crippen LogP contribution in [0.25, 0.3) is 0 Å². The second-order valence-electron chi connectivity index (χ2n) is 5.64. The molecule has 2 aromatic carbocycles. The number of nitrogens with zero attached hydrogens (tertiary/aromatic N) is 2. The molecule has 2 nitrogen and oxygen atoms in total. The van der Waals surface area contributed by atoms with Gasteiger partial charge in [-0.2, -0.15) is 0 Å². The van der Waals surface area contributed by atoms with Gasteiger partial charge in [-0.15, -0.1) is 0 Å². The van der Waals surface area contributed by atoms with Gasteiger partial charge in [-0.3, -0.25) is 9.97 Å². The summed E-state index contributed by atoms with van der Waals surface area (Å²) in [5.74, 6) is -0.341. The molecule has 0 radical (unpaired) electrons. The first-order valence-corrected chi connectivity index (χ1v) is 8.72. The van der Waals surface area contributed by atoms with Crippen molar-refractivity contribution in [2.45, 2.75) is 13.8 Å². The zero-order valence-electron chi connectivity index (χ0n) is 16.4. The number of halogens is 2. The zero-order chi connectivity index (χ0) is 20.5. The van der Waals surface area contributed by atoms with Gasteiger partial charge in [-0.25, -0.2) is 8.78 Å². The van der Waals surface area contributed by atoms with Crippen LogP contribution < -0.4 is 0 Å². The largest absolute Gasteiger partial charge is 2.00 e. The fourth-order valence-electron chi connectivity index (χ4n) is 1.69. The molecule has 152 valence electrons. The monoisotopic (exact) mass is 573 g/mol. The molecule has 0 amide bonds. The van der Waals surface area contributed by atoms with E-state index in [9.17, 15) is 8.78 Å². The van der Waals surface area contributed by atoms with Crippen LogP contribution in [0.4, 0.5) is 8.78 Å². The third-order valence-corrected chi connectivity index (χ3v) is 3.15. The number of aryl methyl sites for hydroxylation is 2. The molecule has 0 unspecified atom stereocenters. The molecule has 0 aliphatic carbocycles. The number of aromatic nitrogens is 2. The topological polar surface area (TPSA) is 25.8 Å². The molecular weight excluding hydrogens is 549 g/mol. The van der Waals surface area contributed by atoms with E-state index in [0.29, 0.717) is 0 Å². The average Bonchev–Trinajstić information content (AvgIpc) is 2.76. The minimum atomic E-state index is -0.171. The van der Waals surface area contributed by atoms with Crippen LogP contribution in [-0.4, -0.2) is 9.97 Å². The SMILES string of the molecule is Cc1ccc(F)cc1.Cc1ccc(F)cc1.[Pt+2].c1ccncc1.c1ccncc1. The van der Waals surface area contributed by atoms with Gasteiger partial charge in [0.05, 0.1) is 0 Å². The second-order valence-corrected chi connectivity index (χ2v) is 5.64. The molecule has 0 fully saturated rings. The molecule has 0 aliphatic heterocycles. The maximum absolute atomic E-state index is 12.1. The molecule has 0 atom stereocenters. The van der Waals surface area contributed by atoms with E-state index in [1.165, 1.54) is 24.3 Å². The number of pyridine rings is 2. The fourth-order valence-corrected chi connectivity index (χ4v) is 1.69. The minimum Gasteiger partial charge on any atom is -0.265 e. The number of rotatable bonds is 0. The Bertz CT molecular complexity index is 671. The molecule has 2 aromatic heterocycles. The van der Waals surface area contributed by atoms with Crippen LogP contribution in [0.5, 0.6) is 0 Å². The van der Waals surface area contributed by atoms with E-state index < -0.39 is 0 Å². The molecule has 0 bridgehead atoms. The molecular formula is C24H24F2N2Pt+2. The summed E-state index contributed by atoms with van der Waals surface area (Å²) in [7, 11) is 0. The molecule has 4 rings (SSSR count). The summed E-state index contributed by atoms with van der Waals surface area (Å²) in [5.41, 5.74) is 2.18. The summed E-state index contributed by atoms with van der Waals surface area (Å²) in [6.07, 6.45) is 7.00. The van der Waals surface area contributed by atoms with E-state index in [-0.39, 0.29) is 32.7 Å². The van der Waals surface area contributed by atoms with Crippen molar-refractivity contribution in [3.8, 4) is 0 Å². The van der Waals surface area contributed by atoms with E-state index in [2.05, 4.69) is 9.97 Å².